The highest BCUT2D eigenvalue weighted by atomic mass is 16.6. The number of nitrogens with two attached hydrogens (primary N) is 1. The van der Waals surface area contributed by atoms with E-state index in [1.807, 2.05) is 66.7 Å². The molecule has 0 saturated carbocycles. The van der Waals surface area contributed by atoms with Crippen molar-refractivity contribution >= 4 is 22.9 Å². The highest BCUT2D eigenvalue weighted by Crippen LogP contribution is 2.40. The fraction of sp³-hybridized carbons (Fsp3) is 0.296. The molecule has 4 atom stereocenters. The highest BCUT2D eigenvalue weighted by molar-refractivity contribution is 5.85. The number of nitriles is 1. The summed E-state index contributed by atoms with van der Waals surface area (Å²) in [6, 6.07) is 22.0. The van der Waals surface area contributed by atoms with Crippen LogP contribution >= 0.6 is 0 Å². The zero-order valence-electron chi connectivity index (χ0n) is 20.6. The molecule has 2 aromatic heterocycles. The van der Waals surface area contributed by atoms with E-state index in [9.17, 15) is 20.3 Å². The lowest BCUT2D eigenvalue weighted by Gasteiger charge is -2.26. The summed E-state index contributed by atoms with van der Waals surface area (Å²) in [7, 11) is 0. The molecule has 1 aliphatic rings. The highest BCUT2D eigenvalue weighted by Gasteiger charge is 2.58. The van der Waals surface area contributed by atoms with Crippen LogP contribution in [0.25, 0.3) is 11.2 Å². The first kappa shape index (κ1) is 25.3. The van der Waals surface area contributed by atoms with Gasteiger partial charge in [0.2, 0.25) is 5.82 Å². The van der Waals surface area contributed by atoms with Crippen LogP contribution in [0.15, 0.2) is 67.0 Å². The lowest BCUT2D eigenvalue weighted by molar-refractivity contribution is -0.155. The van der Waals surface area contributed by atoms with E-state index >= 15 is 0 Å². The molecule has 0 spiro atoms. The minimum absolute atomic E-state index is 0.0223. The summed E-state index contributed by atoms with van der Waals surface area (Å²) in [5.41, 5.74) is 6.48. The van der Waals surface area contributed by atoms with Crippen LogP contribution in [0.4, 0.5) is 5.82 Å². The molecule has 0 unspecified atom stereocenters. The second kappa shape index (κ2) is 10.2. The van der Waals surface area contributed by atoms with E-state index < -0.39 is 29.9 Å². The number of aromatic nitrogens is 4. The summed E-state index contributed by atoms with van der Waals surface area (Å²) >= 11 is 0. The minimum atomic E-state index is -1.77. The van der Waals surface area contributed by atoms with E-state index in [1.54, 1.807) is 6.92 Å². The molecule has 38 heavy (non-hydrogen) atoms. The number of hydrogen-bond donors (Lipinski definition) is 4. The molecule has 1 fully saturated rings. The van der Waals surface area contributed by atoms with Gasteiger partial charge in [-0.25, -0.2) is 4.98 Å². The molecule has 194 valence electrons. The maximum atomic E-state index is 12.1. The van der Waals surface area contributed by atoms with Gasteiger partial charge in [0.05, 0.1) is 6.33 Å². The zero-order valence-corrected chi connectivity index (χ0v) is 20.6. The van der Waals surface area contributed by atoms with Crippen LogP contribution in [-0.2, 0) is 9.53 Å². The predicted molar refractivity (Wildman–Crippen MR) is 138 cm³/mol. The van der Waals surface area contributed by atoms with Gasteiger partial charge in [-0.2, -0.15) is 15.2 Å². The third-order valence-electron chi connectivity index (χ3n) is 7.04. The molecule has 11 heteroatoms. The molecular weight excluding hydrogens is 486 g/mol. The Labute approximate surface area is 218 Å². The number of fused-ring (bicyclic) bond motifs is 1. The largest absolute Gasteiger partial charge is 0.387 e. The van der Waals surface area contributed by atoms with Gasteiger partial charge in [-0.1, -0.05) is 67.6 Å². The molecule has 1 saturated heterocycles. The number of benzene rings is 2. The molecule has 0 aliphatic carbocycles. The van der Waals surface area contributed by atoms with Gasteiger partial charge in [0, 0.05) is 12.5 Å². The monoisotopic (exact) mass is 513 g/mol. The van der Waals surface area contributed by atoms with Crippen molar-refractivity contribution in [1.82, 2.24) is 19.5 Å². The summed E-state index contributed by atoms with van der Waals surface area (Å²) in [6.07, 6.45) is -2.84. The number of nitrogens with zero attached hydrogens (tertiary/aromatic N) is 5. The Morgan fingerprint density at radius 3 is 2.32 bits per heavy atom. The van der Waals surface area contributed by atoms with Crippen LogP contribution in [0, 0.1) is 11.3 Å². The number of aliphatic hydroxyl groups excluding tert-OH is 2. The second-order valence-corrected chi connectivity index (χ2v) is 9.14. The number of rotatable bonds is 8. The average molecular weight is 514 g/mol. The minimum Gasteiger partial charge on any atom is -0.387 e. The molecule has 5 rings (SSSR count). The Morgan fingerprint density at radius 1 is 1.16 bits per heavy atom. The van der Waals surface area contributed by atoms with Crippen LogP contribution in [0.3, 0.4) is 0 Å². The third kappa shape index (κ3) is 4.24. The van der Waals surface area contributed by atoms with Crippen molar-refractivity contribution < 1.29 is 19.7 Å². The second-order valence-electron chi connectivity index (χ2n) is 9.14. The predicted octanol–water partition coefficient (Wildman–Crippen LogP) is 1.83. The number of carbonyl (C=O) groups excluding carboxylic acids is 1. The maximum Gasteiger partial charge on any atom is 0.252 e. The number of ether oxygens (including phenoxy) is 1. The molecule has 1 amide bonds. The molecule has 4 aromatic rings. The van der Waals surface area contributed by atoms with Crippen LogP contribution < -0.4 is 11.1 Å². The number of primary amides is 1. The molecule has 2 aromatic carbocycles. The lowest BCUT2D eigenvalue weighted by Crippen LogP contribution is -2.52. The quantitative estimate of drug-likeness (QED) is 0.274. The van der Waals surface area contributed by atoms with Gasteiger partial charge in [-0.3, -0.25) is 9.36 Å². The Morgan fingerprint density at radius 2 is 1.79 bits per heavy atom. The Bertz CT molecular complexity index is 1450. The number of aliphatic hydroxyl groups is 2. The van der Waals surface area contributed by atoms with Crippen LogP contribution in [0.1, 0.15) is 42.4 Å². The van der Waals surface area contributed by atoms with Crippen LogP contribution in [0.5, 0.6) is 0 Å². The topological polar surface area (TPSA) is 172 Å². The van der Waals surface area contributed by atoms with Gasteiger partial charge < -0.3 is 26.0 Å². The van der Waals surface area contributed by atoms with Gasteiger partial charge in [-0.15, -0.1) is 0 Å². The number of imidazole rings is 1. The van der Waals surface area contributed by atoms with Crippen molar-refractivity contribution in [2.75, 3.05) is 11.9 Å². The SMILES string of the molecule is CC[C@]1(C(N)=O)O[C@@H](n2cnc3c(NCC(c4ccccc4)c4ccccc4)nc(C#N)nc32)[C@H](O)[C@@H]1O. The molecule has 1 aliphatic heterocycles. The molecule has 5 N–H and O–H groups in total. The van der Waals surface area contributed by atoms with Gasteiger partial charge >= 0.3 is 0 Å². The van der Waals surface area contributed by atoms with Gasteiger partial charge in [0.15, 0.2) is 28.8 Å². The van der Waals surface area contributed by atoms with E-state index in [0.29, 0.717) is 17.9 Å². The van der Waals surface area contributed by atoms with Crippen molar-refractivity contribution in [2.45, 2.75) is 43.3 Å². The van der Waals surface area contributed by atoms with Gasteiger partial charge in [-0.05, 0) is 17.5 Å². The van der Waals surface area contributed by atoms with Crippen LogP contribution in [0.2, 0.25) is 0 Å². The van der Waals surface area contributed by atoms with Crippen molar-refractivity contribution in [3.8, 4) is 6.07 Å². The summed E-state index contributed by atoms with van der Waals surface area (Å²) in [6.45, 7) is 2.07. The fourth-order valence-electron chi connectivity index (χ4n) is 4.95. The zero-order chi connectivity index (χ0) is 26.9. The Hall–Kier alpha value is -4.37. The van der Waals surface area contributed by atoms with Gasteiger partial charge in [0.25, 0.3) is 5.91 Å². The normalized spacial score (nSPS) is 23.0. The molecule has 0 bridgehead atoms. The van der Waals surface area contributed by atoms with Crippen LogP contribution in [-0.4, -0.2) is 60.0 Å². The van der Waals surface area contributed by atoms with Crippen molar-refractivity contribution in [2.24, 2.45) is 5.73 Å². The maximum absolute atomic E-state index is 12.1. The lowest BCUT2D eigenvalue weighted by atomic mass is 9.91. The standard InChI is InChI=1S/C27H27N7O4/c1-2-27(26(29)37)22(36)21(35)25(38-27)34-15-31-20-23(32-19(13-28)33-24(20)34)30-14-18(16-9-5-3-6-10-16)17-11-7-4-8-12-17/h3-12,15,18,21-22,25,35-36H,2,14H2,1H3,(H2,29,37)(H,30,32,33)/t21-,22+,25-,27+/m1/s1. The van der Waals surface area contributed by atoms with Crippen molar-refractivity contribution in [3.05, 3.63) is 83.9 Å². The number of hydrogen-bond acceptors (Lipinski definition) is 9. The summed E-state index contributed by atoms with van der Waals surface area (Å²) in [5.74, 6) is -0.707. The van der Waals surface area contributed by atoms with E-state index in [-0.39, 0.29) is 23.8 Å². The number of carbonyl (C=O) groups is 1. The Kier molecular flexibility index (Phi) is 6.77. The third-order valence-corrected chi connectivity index (χ3v) is 7.04. The van der Waals surface area contributed by atoms with Crippen molar-refractivity contribution in [1.29, 1.82) is 5.26 Å². The summed E-state index contributed by atoms with van der Waals surface area (Å²) < 4.78 is 7.23. The number of nitrogens with one attached hydrogen (secondary N) is 1. The first-order valence-electron chi connectivity index (χ1n) is 12.2. The smallest absolute Gasteiger partial charge is 0.252 e. The number of amides is 1. The molecule has 3 heterocycles. The first-order valence-corrected chi connectivity index (χ1v) is 12.2. The van der Waals surface area contributed by atoms with E-state index in [4.69, 9.17) is 10.5 Å². The van der Waals surface area contributed by atoms with E-state index in [2.05, 4.69) is 20.3 Å². The first-order chi connectivity index (χ1) is 18.4. The van der Waals surface area contributed by atoms with Crippen molar-refractivity contribution in [3.63, 3.8) is 0 Å². The molecule has 11 nitrogen and oxygen atoms in total. The fourth-order valence-corrected chi connectivity index (χ4v) is 4.95. The number of anilines is 1. The van der Waals surface area contributed by atoms with E-state index in [1.165, 1.54) is 10.9 Å². The van der Waals surface area contributed by atoms with Gasteiger partial charge in [0.1, 0.15) is 18.3 Å². The average Bonchev–Trinajstić information content (AvgIpc) is 3.48. The summed E-state index contributed by atoms with van der Waals surface area (Å²) in [4.78, 5) is 25.2. The molecular formula is C27H27N7O4. The molecule has 0 radical (unpaired) electrons. The Balaban J connectivity index is 1.51. The summed E-state index contributed by atoms with van der Waals surface area (Å²) in [5, 5.41) is 34.3. The van der Waals surface area contributed by atoms with E-state index in [0.717, 1.165) is 11.1 Å².